The van der Waals surface area contributed by atoms with Crippen molar-refractivity contribution < 1.29 is 9.60 Å². The number of halogens is 1. The first-order chi connectivity index (χ1) is 8.29. The standard InChI is InChI=1S/C14H14FNO/c15-14-8-5-11(6-9-14)4-7-12-2-1-3-13(12)10-16-17/h4-10,17H,1-3H2/b7-4+,16-10+. The van der Waals surface area contributed by atoms with Crippen LogP contribution in [0.5, 0.6) is 0 Å². The van der Waals surface area contributed by atoms with Gasteiger partial charge in [-0.05, 0) is 48.1 Å². The molecule has 0 aliphatic heterocycles. The molecule has 2 nitrogen and oxygen atoms in total. The molecule has 88 valence electrons. The summed E-state index contributed by atoms with van der Waals surface area (Å²) in [6, 6.07) is 6.36. The lowest BCUT2D eigenvalue weighted by Crippen LogP contribution is -1.82. The highest BCUT2D eigenvalue weighted by atomic mass is 19.1. The fourth-order valence-corrected chi connectivity index (χ4v) is 1.97. The Morgan fingerprint density at radius 1 is 1.06 bits per heavy atom. The Kier molecular flexibility index (Phi) is 3.70. The molecular weight excluding hydrogens is 217 g/mol. The zero-order valence-electron chi connectivity index (χ0n) is 9.44. The molecule has 0 unspecified atom stereocenters. The third kappa shape index (κ3) is 3.03. The van der Waals surface area contributed by atoms with Crippen LogP contribution in [-0.2, 0) is 0 Å². The topological polar surface area (TPSA) is 32.6 Å². The van der Waals surface area contributed by atoms with Gasteiger partial charge in [-0.15, -0.1) is 0 Å². The molecule has 1 aromatic carbocycles. The summed E-state index contributed by atoms with van der Waals surface area (Å²) in [4.78, 5) is 0. The van der Waals surface area contributed by atoms with Crippen LogP contribution in [0.15, 0.2) is 46.6 Å². The minimum Gasteiger partial charge on any atom is -0.411 e. The molecule has 0 radical (unpaired) electrons. The van der Waals surface area contributed by atoms with Crippen LogP contribution in [-0.4, -0.2) is 11.4 Å². The zero-order chi connectivity index (χ0) is 12.1. The fourth-order valence-electron chi connectivity index (χ4n) is 1.97. The molecule has 0 saturated carbocycles. The van der Waals surface area contributed by atoms with Crippen molar-refractivity contribution in [1.82, 2.24) is 0 Å². The number of hydrogen-bond donors (Lipinski definition) is 1. The summed E-state index contributed by atoms with van der Waals surface area (Å²) in [6.45, 7) is 0. The predicted octanol–water partition coefficient (Wildman–Crippen LogP) is 3.78. The van der Waals surface area contributed by atoms with E-state index in [4.69, 9.17) is 5.21 Å². The van der Waals surface area contributed by atoms with Crippen LogP contribution in [0.25, 0.3) is 6.08 Å². The number of oxime groups is 1. The van der Waals surface area contributed by atoms with Crippen LogP contribution in [0, 0.1) is 5.82 Å². The van der Waals surface area contributed by atoms with Crippen LogP contribution in [0.2, 0.25) is 0 Å². The van der Waals surface area contributed by atoms with E-state index < -0.39 is 0 Å². The van der Waals surface area contributed by atoms with Gasteiger partial charge in [0.05, 0.1) is 6.21 Å². The number of hydrogen-bond acceptors (Lipinski definition) is 2. The molecule has 17 heavy (non-hydrogen) atoms. The van der Waals surface area contributed by atoms with Crippen molar-refractivity contribution in [1.29, 1.82) is 0 Å². The molecule has 0 atom stereocenters. The van der Waals surface area contributed by atoms with Crippen LogP contribution < -0.4 is 0 Å². The second-order valence-corrected chi connectivity index (χ2v) is 4.03. The van der Waals surface area contributed by atoms with Gasteiger partial charge in [-0.1, -0.05) is 29.4 Å². The molecule has 1 aliphatic rings. The Balaban J connectivity index is 2.15. The van der Waals surface area contributed by atoms with Crippen molar-refractivity contribution in [2.75, 3.05) is 0 Å². The second-order valence-electron chi connectivity index (χ2n) is 4.03. The van der Waals surface area contributed by atoms with Gasteiger partial charge in [-0.3, -0.25) is 0 Å². The largest absolute Gasteiger partial charge is 0.411 e. The lowest BCUT2D eigenvalue weighted by Gasteiger charge is -1.96. The Morgan fingerprint density at radius 2 is 1.76 bits per heavy atom. The molecule has 1 aromatic rings. The van der Waals surface area contributed by atoms with Gasteiger partial charge in [0.15, 0.2) is 0 Å². The maximum absolute atomic E-state index is 12.7. The third-order valence-corrected chi connectivity index (χ3v) is 2.87. The molecule has 0 heterocycles. The fraction of sp³-hybridized carbons (Fsp3) is 0.214. The average molecular weight is 231 g/mol. The molecule has 0 aromatic heterocycles. The molecule has 3 heteroatoms. The highest BCUT2D eigenvalue weighted by Crippen LogP contribution is 2.26. The summed E-state index contributed by atoms with van der Waals surface area (Å²) in [5, 5.41) is 11.6. The molecular formula is C14H14FNO. The maximum Gasteiger partial charge on any atom is 0.123 e. The highest BCUT2D eigenvalue weighted by molar-refractivity contribution is 5.81. The van der Waals surface area contributed by atoms with Gasteiger partial charge in [-0.2, -0.15) is 0 Å². The quantitative estimate of drug-likeness (QED) is 0.479. The minimum absolute atomic E-state index is 0.227. The lowest BCUT2D eigenvalue weighted by atomic mass is 10.1. The Bertz CT molecular complexity index is 472. The summed E-state index contributed by atoms with van der Waals surface area (Å²) in [5.41, 5.74) is 3.23. The van der Waals surface area contributed by atoms with E-state index in [1.807, 2.05) is 12.2 Å². The maximum atomic E-state index is 12.7. The van der Waals surface area contributed by atoms with Crippen molar-refractivity contribution in [2.24, 2.45) is 5.16 Å². The molecule has 1 aliphatic carbocycles. The van der Waals surface area contributed by atoms with E-state index in [-0.39, 0.29) is 5.82 Å². The second kappa shape index (κ2) is 5.43. The van der Waals surface area contributed by atoms with Crippen molar-refractivity contribution in [3.63, 3.8) is 0 Å². The summed E-state index contributed by atoms with van der Waals surface area (Å²) in [6.07, 6.45) is 8.50. The Hall–Kier alpha value is -1.90. The van der Waals surface area contributed by atoms with Gasteiger partial charge in [-0.25, -0.2) is 4.39 Å². The first-order valence-electron chi connectivity index (χ1n) is 5.63. The normalized spacial score (nSPS) is 16.5. The van der Waals surface area contributed by atoms with E-state index in [2.05, 4.69) is 5.16 Å². The van der Waals surface area contributed by atoms with Gasteiger partial charge >= 0.3 is 0 Å². The van der Waals surface area contributed by atoms with Gasteiger partial charge in [0, 0.05) is 0 Å². The molecule has 0 saturated heterocycles. The highest BCUT2D eigenvalue weighted by Gasteiger charge is 2.10. The van der Waals surface area contributed by atoms with E-state index in [1.54, 1.807) is 12.1 Å². The van der Waals surface area contributed by atoms with E-state index in [0.717, 1.165) is 30.4 Å². The van der Waals surface area contributed by atoms with Crippen molar-refractivity contribution in [2.45, 2.75) is 19.3 Å². The van der Waals surface area contributed by atoms with Crippen LogP contribution in [0.4, 0.5) is 4.39 Å². The molecule has 2 rings (SSSR count). The zero-order valence-corrected chi connectivity index (χ0v) is 9.44. The Morgan fingerprint density at radius 3 is 2.47 bits per heavy atom. The van der Waals surface area contributed by atoms with Crippen molar-refractivity contribution >= 4 is 12.3 Å². The smallest absolute Gasteiger partial charge is 0.123 e. The van der Waals surface area contributed by atoms with Crippen LogP contribution >= 0.6 is 0 Å². The minimum atomic E-state index is -0.227. The lowest BCUT2D eigenvalue weighted by molar-refractivity contribution is 0.321. The van der Waals surface area contributed by atoms with E-state index in [0.29, 0.717) is 0 Å². The number of nitrogens with zero attached hydrogens (tertiary/aromatic N) is 1. The molecule has 0 spiro atoms. The molecule has 0 bridgehead atoms. The first-order valence-corrected chi connectivity index (χ1v) is 5.63. The van der Waals surface area contributed by atoms with Gasteiger partial charge in [0.2, 0.25) is 0 Å². The molecule has 1 N–H and O–H groups in total. The third-order valence-electron chi connectivity index (χ3n) is 2.87. The van der Waals surface area contributed by atoms with Gasteiger partial charge < -0.3 is 5.21 Å². The number of allylic oxidation sites excluding steroid dienone is 3. The van der Waals surface area contributed by atoms with Gasteiger partial charge in [0.25, 0.3) is 0 Å². The van der Waals surface area contributed by atoms with E-state index >= 15 is 0 Å². The predicted molar refractivity (Wildman–Crippen MR) is 66.6 cm³/mol. The number of benzene rings is 1. The van der Waals surface area contributed by atoms with E-state index in [1.165, 1.54) is 23.9 Å². The number of rotatable bonds is 3. The first kappa shape index (κ1) is 11.6. The summed E-state index contributed by atoms with van der Waals surface area (Å²) in [5.74, 6) is -0.227. The van der Waals surface area contributed by atoms with Crippen LogP contribution in [0.3, 0.4) is 0 Å². The summed E-state index contributed by atoms with van der Waals surface area (Å²) in [7, 11) is 0. The molecule has 0 fully saturated rings. The van der Waals surface area contributed by atoms with Crippen molar-refractivity contribution in [3.8, 4) is 0 Å². The monoisotopic (exact) mass is 231 g/mol. The molecule has 0 amide bonds. The van der Waals surface area contributed by atoms with E-state index in [9.17, 15) is 4.39 Å². The van der Waals surface area contributed by atoms with Crippen molar-refractivity contribution in [3.05, 3.63) is 52.9 Å². The summed E-state index contributed by atoms with van der Waals surface area (Å²) >= 11 is 0. The summed E-state index contributed by atoms with van der Waals surface area (Å²) < 4.78 is 12.7. The van der Waals surface area contributed by atoms with Gasteiger partial charge in [0.1, 0.15) is 5.82 Å². The van der Waals surface area contributed by atoms with Crippen LogP contribution in [0.1, 0.15) is 24.8 Å². The SMILES string of the molecule is O/N=C/C1=C(/C=C/c2ccc(F)cc2)CCC1. The average Bonchev–Trinajstić information content (AvgIpc) is 2.77. The Labute approximate surface area is 99.8 Å².